The smallest absolute Gasteiger partial charge is 0.261 e. The van der Waals surface area contributed by atoms with E-state index in [-0.39, 0.29) is 17.5 Å². The van der Waals surface area contributed by atoms with Crippen molar-refractivity contribution in [2.24, 2.45) is 5.92 Å². The number of hydrogen-bond acceptors (Lipinski definition) is 5. The number of anilines is 1. The molecule has 0 aliphatic carbocycles. The Labute approximate surface area is 150 Å². The molecule has 0 aromatic carbocycles. The molecule has 0 saturated carbocycles. The molecule has 132 valence electrons. The zero-order chi connectivity index (χ0) is 17.4. The number of nitrogens with one attached hydrogen (secondary N) is 1. The van der Waals surface area contributed by atoms with Crippen molar-refractivity contribution in [1.29, 1.82) is 0 Å². The van der Waals surface area contributed by atoms with Crippen LogP contribution in [0.5, 0.6) is 0 Å². The predicted octanol–water partition coefficient (Wildman–Crippen LogP) is 2.13. The Bertz CT molecular complexity index is 802. The summed E-state index contributed by atoms with van der Waals surface area (Å²) in [6.07, 6.45) is 6.55. The Morgan fingerprint density at radius 2 is 2.20 bits per heavy atom. The molecule has 25 heavy (non-hydrogen) atoms. The molecule has 1 unspecified atom stereocenters. The molecule has 3 aliphatic heterocycles. The van der Waals surface area contributed by atoms with Crippen molar-refractivity contribution in [2.75, 3.05) is 24.5 Å². The van der Waals surface area contributed by atoms with Crippen molar-refractivity contribution in [3.63, 3.8) is 0 Å². The number of aryl methyl sites for hydroxylation is 1. The van der Waals surface area contributed by atoms with E-state index in [1.165, 1.54) is 17.1 Å². The number of fused-ring (bicyclic) bond motifs is 3. The molecule has 0 radical (unpaired) electrons. The Hall–Kier alpha value is -1.99. The fourth-order valence-electron chi connectivity index (χ4n) is 3.86. The molecule has 1 atom stereocenters. The van der Waals surface area contributed by atoms with Gasteiger partial charge in [-0.05, 0) is 44.3 Å². The van der Waals surface area contributed by atoms with E-state index in [9.17, 15) is 9.59 Å². The van der Waals surface area contributed by atoms with E-state index in [0.29, 0.717) is 11.5 Å². The molecule has 3 fully saturated rings. The van der Waals surface area contributed by atoms with Gasteiger partial charge in [0.1, 0.15) is 0 Å². The summed E-state index contributed by atoms with van der Waals surface area (Å²) in [5.74, 6) is 0.442. The summed E-state index contributed by atoms with van der Waals surface area (Å²) in [4.78, 5) is 37.3. The number of aromatic nitrogens is 2. The van der Waals surface area contributed by atoms with Crippen LogP contribution in [0.25, 0.3) is 0 Å². The lowest BCUT2D eigenvalue weighted by atomic mass is 9.83. The van der Waals surface area contributed by atoms with Crippen molar-refractivity contribution >= 4 is 22.4 Å². The number of thiazole rings is 1. The molecule has 3 saturated heterocycles. The lowest BCUT2D eigenvalue weighted by Gasteiger charge is -2.48. The van der Waals surface area contributed by atoms with E-state index in [0.717, 1.165) is 44.0 Å². The summed E-state index contributed by atoms with van der Waals surface area (Å²) in [7, 11) is 0. The monoisotopic (exact) mass is 358 g/mol. The van der Waals surface area contributed by atoms with Crippen LogP contribution in [0.4, 0.5) is 5.13 Å². The van der Waals surface area contributed by atoms with Gasteiger partial charge in [0, 0.05) is 29.9 Å². The van der Waals surface area contributed by atoms with Crippen LogP contribution in [-0.2, 0) is 6.42 Å². The Morgan fingerprint density at radius 3 is 2.76 bits per heavy atom. The van der Waals surface area contributed by atoms with E-state index in [2.05, 4.69) is 21.8 Å². The quantitative estimate of drug-likeness (QED) is 0.909. The average molecular weight is 358 g/mol. The standard InChI is InChI=1S/C18H22N4O2S/c1-2-14-10-20-18(25-14)22(15-11-21-7-5-12(15)6-8-21)17(24)13-3-4-16(23)19-9-13/h3-4,9-10,12,15H,2,5-8,11H2,1H3,(H,19,23). The number of pyridine rings is 1. The molecule has 1 N–H and O–H groups in total. The molecule has 3 aliphatic rings. The highest BCUT2D eigenvalue weighted by molar-refractivity contribution is 7.15. The SMILES string of the molecule is CCc1cnc(N(C(=O)c2ccc(=O)[nH]c2)C2CN3CCC2CC3)s1. The first-order valence-electron chi connectivity index (χ1n) is 8.85. The molecular weight excluding hydrogens is 336 g/mol. The number of hydrogen-bond donors (Lipinski definition) is 1. The van der Waals surface area contributed by atoms with Crippen LogP contribution >= 0.6 is 11.3 Å². The Morgan fingerprint density at radius 1 is 1.40 bits per heavy atom. The highest BCUT2D eigenvalue weighted by Gasteiger charge is 2.41. The second kappa shape index (κ2) is 6.72. The lowest BCUT2D eigenvalue weighted by molar-refractivity contribution is 0.0734. The van der Waals surface area contributed by atoms with Crippen molar-refractivity contribution in [1.82, 2.24) is 14.9 Å². The summed E-state index contributed by atoms with van der Waals surface area (Å²) in [5, 5.41) is 0.770. The van der Waals surface area contributed by atoms with E-state index >= 15 is 0 Å². The normalized spacial score (nSPS) is 25.1. The van der Waals surface area contributed by atoms with Gasteiger partial charge in [-0.25, -0.2) is 4.98 Å². The van der Waals surface area contributed by atoms with E-state index in [4.69, 9.17) is 0 Å². The van der Waals surface area contributed by atoms with Crippen LogP contribution in [0.15, 0.2) is 29.3 Å². The molecule has 5 heterocycles. The van der Waals surface area contributed by atoms with E-state index in [1.54, 1.807) is 17.4 Å². The third-order valence-corrected chi connectivity index (χ3v) is 6.44. The minimum absolute atomic E-state index is 0.0768. The first-order valence-corrected chi connectivity index (χ1v) is 9.66. The maximum absolute atomic E-state index is 13.3. The highest BCUT2D eigenvalue weighted by atomic mass is 32.1. The zero-order valence-corrected chi connectivity index (χ0v) is 15.1. The molecule has 2 aromatic rings. The number of piperidine rings is 3. The second-order valence-corrected chi connectivity index (χ2v) is 7.88. The third-order valence-electron chi connectivity index (χ3n) is 5.30. The van der Waals surface area contributed by atoms with Gasteiger partial charge in [0.2, 0.25) is 5.56 Å². The van der Waals surface area contributed by atoms with Crippen molar-refractivity contribution in [3.05, 3.63) is 45.3 Å². The van der Waals surface area contributed by atoms with Crippen molar-refractivity contribution < 1.29 is 4.79 Å². The fraction of sp³-hybridized carbons (Fsp3) is 0.500. The van der Waals surface area contributed by atoms with Crippen LogP contribution in [-0.4, -0.2) is 46.5 Å². The van der Waals surface area contributed by atoms with Crippen LogP contribution in [0.2, 0.25) is 0 Å². The van der Waals surface area contributed by atoms with Gasteiger partial charge in [-0.1, -0.05) is 6.92 Å². The summed E-state index contributed by atoms with van der Waals surface area (Å²) in [5.41, 5.74) is 0.303. The maximum Gasteiger partial charge on any atom is 0.261 e. The minimum Gasteiger partial charge on any atom is -0.328 e. The van der Waals surface area contributed by atoms with Crippen LogP contribution < -0.4 is 10.5 Å². The minimum atomic E-state index is -0.201. The van der Waals surface area contributed by atoms with Gasteiger partial charge >= 0.3 is 0 Å². The molecule has 6 nitrogen and oxygen atoms in total. The Balaban J connectivity index is 1.71. The largest absolute Gasteiger partial charge is 0.328 e. The van der Waals surface area contributed by atoms with Gasteiger partial charge in [0.05, 0.1) is 11.6 Å². The molecule has 0 spiro atoms. The summed E-state index contributed by atoms with van der Waals surface area (Å²) < 4.78 is 0. The van der Waals surface area contributed by atoms with Gasteiger partial charge in [-0.2, -0.15) is 0 Å². The Kier molecular flexibility index (Phi) is 4.43. The zero-order valence-electron chi connectivity index (χ0n) is 14.3. The summed E-state index contributed by atoms with van der Waals surface area (Å²) >= 11 is 1.59. The number of amides is 1. The molecule has 1 amide bonds. The summed E-state index contributed by atoms with van der Waals surface area (Å²) in [6, 6.07) is 3.16. The molecule has 5 rings (SSSR count). The van der Waals surface area contributed by atoms with Crippen LogP contribution in [0.3, 0.4) is 0 Å². The topological polar surface area (TPSA) is 69.3 Å². The summed E-state index contributed by atoms with van der Waals surface area (Å²) in [6.45, 7) is 5.25. The van der Waals surface area contributed by atoms with Gasteiger partial charge < -0.3 is 9.88 Å². The molecular formula is C18H22N4O2S. The third kappa shape index (κ3) is 3.14. The maximum atomic E-state index is 13.3. The lowest BCUT2D eigenvalue weighted by Crippen LogP contribution is -2.59. The van der Waals surface area contributed by atoms with Gasteiger partial charge in [0.25, 0.3) is 5.91 Å². The number of nitrogens with zero attached hydrogens (tertiary/aromatic N) is 3. The van der Waals surface area contributed by atoms with Crippen molar-refractivity contribution in [2.45, 2.75) is 32.2 Å². The number of carbonyl (C=O) groups is 1. The number of H-pyrrole nitrogens is 1. The average Bonchev–Trinajstić information content (AvgIpc) is 3.12. The molecule has 2 aromatic heterocycles. The van der Waals surface area contributed by atoms with Crippen molar-refractivity contribution in [3.8, 4) is 0 Å². The first-order chi connectivity index (χ1) is 12.2. The number of aromatic amines is 1. The van der Waals surface area contributed by atoms with Gasteiger partial charge in [-0.15, -0.1) is 11.3 Å². The van der Waals surface area contributed by atoms with Gasteiger partial charge in [0.15, 0.2) is 5.13 Å². The van der Waals surface area contributed by atoms with Crippen LogP contribution in [0.1, 0.15) is 35.0 Å². The predicted molar refractivity (Wildman–Crippen MR) is 98.3 cm³/mol. The van der Waals surface area contributed by atoms with E-state index in [1.807, 2.05) is 11.1 Å². The second-order valence-electron chi connectivity index (χ2n) is 6.78. The van der Waals surface area contributed by atoms with Crippen LogP contribution in [0, 0.1) is 5.92 Å². The molecule has 2 bridgehead atoms. The van der Waals surface area contributed by atoms with Gasteiger partial charge in [-0.3, -0.25) is 14.5 Å². The number of rotatable bonds is 4. The number of carbonyl (C=O) groups excluding carboxylic acids is 1. The highest BCUT2D eigenvalue weighted by Crippen LogP contribution is 2.36. The van der Waals surface area contributed by atoms with E-state index < -0.39 is 0 Å². The molecule has 7 heteroatoms. The first kappa shape index (κ1) is 16.5. The fourth-order valence-corrected chi connectivity index (χ4v) is 4.77.